The van der Waals surface area contributed by atoms with Crippen molar-refractivity contribution in [3.8, 4) is 5.69 Å². The maximum absolute atomic E-state index is 14.5. The summed E-state index contributed by atoms with van der Waals surface area (Å²) in [5, 5.41) is 10.8. The van der Waals surface area contributed by atoms with E-state index in [2.05, 4.69) is 33.9 Å². The molecule has 1 aliphatic heterocycles. The molecule has 0 atom stereocenters. The molecule has 0 unspecified atom stereocenters. The number of aryl methyl sites for hydroxylation is 1. The summed E-state index contributed by atoms with van der Waals surface area (Å²) < 4.78 is 16.1. The summed E-state index contributed by atoms with van der Waals surface area (Å²) >= 11 is 0. The number of fused-ring (bicyclic) bond motifs is 2. The lowest BCUT2D eigenvalue weighted by Crippen LogP contribution is -2.24. The average molecular weight is 427 g/mol. The Morgan fingerprint density at radius 3 is 2.83 bits per heavy atom. The number of carbonyl (C=O) groups is 1. The molecule has 5 rings (SSSR count). The van der Waals surface area contributed by atoms with E-state index in [0.29, 0.717) is 17.9 Å². The largest absolute Gasteiger partial charge is 0.347 e. The van der Waals surface area contributed by atoms with Crippen LogP contribution in [0.15, 0.2) is 36.4 Å². The van der Waals surface area contributed by atoms with Gasteiger partial charge in [-0.3, -0.25) is 4.79 Å². The van der Waals surface area contributed by atoms with Crippen LogP contribution in [0.3, 0.4) is 0 Å². The van der Waals surface area contributed by atoms with Crippen molar-refractivity contribution < 1.29 is 9.18 Å². The van der Waals surface area contributed by atoms with Gasteiger partial charge in [0.05, 0.1) is 0 Å². The van der Waals surface area contributed by atoms with E-state index >= 15 is 0 Å². The minimum atomic E-state index is -0.319. The fourth-order valence-electron chi connectivity index (χ4n) is 4.33. The van der Waals surface area contributed by atoms with Crippen molar-refractivity contribution in [1.82, 2.24) is 20.4 Å². The number of amides is 1. The Morgan fingerprint density at radius 1 is 1.17 bits per heavy atom. The molecule has 1 amide bonds. The highest BCUT2D eigenvalue weighted by atomic mass is 35.5. The topological polar surface area (TPSA) is 59.0 Å². The predicted octanol–water partition coefficient (Wildman–Crippen LogP) is 3.76. The third kappa shape index (κ3) is 3.61. The van der Waals surface area contributed by atoms with Gasteiger partial charge in [0.2, 0.25) is 0 Å². The zero-order chi connectivity index (χ0) is 20.0. The summed E-state index contributed by atoms with van der Waals surface area (Å²) in [7, 11) is 0. The zero-order valence-electron chi connectivity index (χ0n) is 16.8. The molecule has 30 heavy (non-hydrogen) atoms. The number of benzene rings is 2. The highest BCUT2D eigenvalue weighted by molar-refractivity contribution is 5.94. The van der Waals surface area contributed by atoms with E-state index < -0.39 is 0 Å². The third-order valence-electron chi connectivity index (χ3n) is 5.83. The molecule has 2 aliphatic rings. The molecule has 0 spiro atoms. The number of nitrogens with zero attached hydrogens (tertiary/aromatic N) is 2. The Bertz CT molecular complexity index is 1120. The molecule has 0 bridgehead atoms. The van der Waals surface area contributed by atoms with Gasteiger partial charge in [-0.05, 0) is 60.6 Å². The van der Waals surface area contributed by atoms with E-state index in [4.69, 9.17) is 0 Å². The minimum Gasteiger partial charge on any atom is -0.347 e. The summed E-state index contributed by atoms with van der Waals surface area (Å²) in [6.07, 6.45) is 2.57. The van der Waals surface area contributed by atoms with Gasteiger partial charge in [-0.2, -0.15) is 5.10 Å². The Labute approximate surface area is 181 Å². The average Bonchev–Trinajstić information content (AvgIpc) is 3.42. The molecule has 3 aromatic rings. The predicted molar refractivity (Wildman–Crippen MR) is 116 cm³/mol. The van der Waals surface area contributed by atoms with Gasteiger partial charge < -0.3 is 10.6 Å². The molecule has 1 aromatic heterocycles. The Balaban J connectivity index is 0.00000218. The summed E-state index contributed by atoms with van der Waals surface area (Å²) in [6.45, 7) is 4.08. The number of nitrogens with one attached hydrogen (secondary N) is 2. The second-order valence-electron chi connectivity index (χ2n) is 7.88. The highest BCUT2D eigenvalue weighted by Gasteiger charge is 2.27. The summed E-state index contributed by atoms with van der Waals surface area (Å²) in [5.74, 6) is -0.519. The van der Waals surface area contributed by atoms with E-state index in [-0.39, 0.29) is 24.1 Å². The van der Waals surface area contributed by atoms with Gasteiger partial charge in [-0.15, -0.1) is 12.4 Å². The van der Waals surface area contributed by atoms with Crippen LogP contribution in [0, 0.1) is 12.7 Å². The van der Waals surface area contributed by atoms with Gasteiger partial charge in [-0.1, -0.05) is 24.3 Å². The summed E-state index contributed by atoms with van der Waals surface area (Å²) in [5.41, 5.74) is 7.24. The lowest BCUT2D eigenvalue weighted by atomic mass is 10.1. The van der Waals surface area contributed by atoms with Crippen LogP contribution in [0.1, 0.15) is 50.4 Å². The van der Waals surface area contributed by atoms with Crippen molar-refractivity contribution in [2.24, 2.45) is 0 Å². The minimum absolute atomic E-state index is 0. The van der Waals surface area contributed by atoms with Crippen LogP contribution in [-0.2, 0) is 32.5 Å². The normalized spacial score (nSPS) is 14.2. The molecule has 7 heteroatoms. The summed E-state index contributed by atoms with van der Waals surface area (Å²) in [6, 6.07) is 11.4. The fraction of sp³-hybridized carbons (Fsp3) is 0.304. The van der Waals surface area contributed by atoms with Crippen LogP contribution in [0.5, 0.6) is 0 Å². The first-order chi connectivity index (χ1) is 14.1. The van der Waals surface area contributed by atoms with Crippen molar-refractivity contribution in [1.29, 1.82) is 0 Å². The molecule has 156 valence electrons. The van der Waals surface area contributed by atoms with Crippen molar-refractivity contribution >= 4 is 18.3 Å². The van der Waals surface area contributed by atoms with Crippen molar-refractivity contribution in [2.75, 3.05) is 0 Å². The highest BCUT2D eigenvalue weighted by Crippen LogP contribution is 2.29. The molecule has 2 N–H and O–H groups in total. The molecule has 2 aromatic carbocycles. The van der Waals surface area contributed by atoms with Gasteiger partial charge in [0.15, 0.2) is 5.69 Å². The smallest absolute Gasteiger partial charge is 0.272 e. The quantitative estimate of drug-likeness (QED) is 0.667. The number of hydrogen-bond acceptors (Lipinski definition) is 3. The molecular weight excluding hydrogens is 403 g/mol. The Kier molecular flexibility index (Phi) is 5.62. The second kappa shape index (κ2) is 8.20. The Hall–Kier alpha value is -2.70. The maximum atomic E-state index is 14.5. The first kappa shape index (κ1) is 20.6. The number of aromatic nitrogens is 2. The number of halogens is 2. The Morgan fingerprint density at radius 2 is 2.00 bits per heavy atom. The number of hydrogen-bond donors (Lipinski definition) is 2. The molecule has 1 aliphatic carbocycles. The van der Waals surface area contributed by atoms with Crippen LogP contribution in [0.4, 0.5) is 4.39 Å². The van der Waals surface area contributed by atoms with Crippen molar-refractivity contribution in [3.05, 3.63) is 81.4 Å². The van der Waals surface area contributed by atoms with Gasteiger partial charge in [-0.25, -0.2) is 9.07 Å². The molecule has 0 saturated carbocycles. The number of rotatable bonds is 4. The van der Waals surface area contributed by atoms with E-state index in [1.807, 2.05) is 13.0 Å². The molecule has 0 radical (unpaired) electrons. The van der Waals surface area contributed by atoms with Crippen LogP contribution in [0.25, 0.3) is 5.69 Å². The van der Waals surface area contributed by atoms with E-state index in [9.17, 15) is 9.18 Å². The molecule has 2 heterocycles. The van der Waals surface area contributed by atoms with E-state index in [1.165, 1.54) is 17.2 Å². The lowest BCUT2D eigenvalue weighted by molar-refractivity contribution is 0.0944. The van der Waals surface area contributed by atoms with Crippen LogP contribution in [-0.4, -0.2) is 15.7 Å². The van der Waals surface area contributed by atoms with Gasteiger partial charge in [0.1, 0.15) is 11.5 Å². The molecule has 0 fully saturated rings. The van der Waals surface area contributed by atoms with Crippen molar-refractivity contribution in [2.45, 2.75) is 45.8 Å². The first-order valence-corrected chi connectivity index (χ1v) is 10.1. The SMILES string of the molecule is Cc1ccc(-n2nc(C(=O)NCc3ccc4c(c3)CNC4)c3c2CCC3)c(F)c1.Cl. The lowest BCUT2D eigenvalue weighted by Gasteiger charge is -2.08. The van der Waals surface area contributed by atoms with Gasteiger partial charge in [0.25, 0.3) is 5.91 Å². The molecule has 5 nitrogen and oxygen atoms in total. The monoisotopic (exact) mass is 426 g/mol. The third-order valence-corrected chi connectivity index (χ3v) is 5.83. The van der Waals surface area contributed by atoms with Crippen LogP contribution >= 0.6 is 12.4 Å². The van der Waals surface area contributed by atoms with Crippen LogP contribution < -0.4 is 10.6 Å². The fourth-order valence-corrected chi connectivity index (χ4v) is 4.33. The molecular formula is C23H24ClFN4O. The van der Waals surface area contributed by atoms with E-state index in [0.717, 1.165) is 54.7 Å². The number of carbonyl (C=O) groups excluding carboxylic acids is 1. The second-order valence-corrected chi connectivity index (χ2v) is 7.88. The maximum Gasteiger partial charge on any atom is 0.272 e. The zero-order valence-corrected chi connectivity index (χ0v) is 17.6. The first-order valence-electron chi connectivity index (χ1n) is 10.1. The molecule has 0 saturated heterocycles. The summed E-state index contributed by atoms with van der Waals surface area (Å²) in [4.78, 5) is 12.9. The van der Waals surface area contributed by atoms with Gasteiger partial charge in [0, 0.05) is 30.9 Å². The van der Waals surface area contributed by atoms with Crippen LogP contribution in [0.2, 0.25) is 0 Å². The standard InChI is InChI=1S/C23H23FN4O.ClH/c1-14-5-8-21(19(24)9-14)28-20-4-2-3-18(20)22(27-28)23(29)26-11-15-6-7-16-12-25-13-17(16)10-15;/h5-10,25H,2-4,11-13H2,1H3,(H,26,29);1H. The van der Waals surface area contributed by atoms with E-state index in [1.54, 1.807) is 10.7 Å². The van der Waals surface area contributed by atoms with Gasteiger partial charge >= 0.3 is 0 Å². The van der Waals surface area contributed by atoms with Crippen molar-refractivity contribution in [3.63, 3.8) is 0 Å².